The Hall–Kier alpha value is -5.83. The molecule has 10 rings (SSSR count). The summed E-state index contributed by atoms with van der Waals surface area (Å²) in [5.41, 5.74) is -1.88. The van der Waals surface area contributed by atoms with Gasteiger partial charge in [-0.15, -0.1) is 0 Å². The number of methoxy groups -OCH3 is 3. The van der Waals surface area contributed by atoms with Crippen LogP contribution >= 0.6 is 11.6 Å². The number of hydrogen-bond acceptors (Lipinski definition) is 8. The lowest BCUT2D eigenvalue weighted by Crippen LogP contribution is -2.75. The molecule has 3 aromatic heterocycles. The van der Waals surface area contributed by atoms with Gasteiger partial charge in [-0.25, -0.2) is 9.97 Å². The minimum atomic E-state index is -4.71. The highest BCUT2D eigenvalue weighted by Crippen LogP contribution is 2.60. The Morgan fingerprint density at radius 2 is 1.03 bits per heavy atom. The summed E-state index contributed by atoms with van der Waals surface area (Å²) < 4.78 is 64.7. The molecule has 3 aromatic carbocycles. The number of benzene rings is 3. The molecule has 0 aliphatic heterocycles. The number of carbonyl (C=O) groups excluding carboxylic acids is 2. The van der Waals surface area contributed by atoms with Crippen LogP contribution in [-0.4, -0.2) is 69.3 Å². The standard InChI is InChI=1S/C55H63ClF3N7O5/c1-69-40-24-26-43-45(31-40)65(49(63-43)34-22-28-47(71-3)42(56)30-34)53(37-16-10-11-17-37,51(67)62-39-20-12-13-21-39)54(36-14-6-4-7-15-36,52(68)61-38-18-8-5-9-19-38)66-46-32-41(70-2)25-27-44(46)64-50(66)35-23-29-48(60-33-35)55(57,58)59/h22-33,36-39H,4-21H2,1-3H3,(H,61,68)(H,62,67). The summed E-state index contributed by atoms with van der Waals surface area (Å²) in [4.78, 5) is 49.8. The highest BCUT2D eigenvalue weighted by Gasteiger charge is 2.71. The van der Waals surface area contributed by atoms with Gasteiger partial charge in [-0.2, -0.15) is 13.2 Å². The molecule has 4 fully saturated rings. The van der Waals surface area contributed by atoms with Crippen molar-refractivity contribution in [3.8, 4) is 40.0 Å². The lowest BCUT2D eigenvalue weighted by molar-refractivity contribution is -0.161. The predicted octanol–water partition coefficient (Wildman–Crippen LogP) is 12.2. The Balaban J connectivity index is 1.45. The zero-order chi connectivity index (χ0) is 49.5. The van der Waals surface area contributed by atoms with Crippen LogP contribution in [0.3, 0.4) is 0 Å². The smallest absolute Gasteiger partial charge is 0.433 e. The number of amides is 2. The number of nitrogens with zero attached hydrogens (tertiary/aromatic N) is 5. The summed E-state index contributed by atoms with van der Waals surface area (Å²) in [5.74, 6) is 0.408. The van der Waals surface area contributed by atoms with Gasteiger partial charge >= 0.3 is 6.18 Å². The van der Waals surface area contributed by atoms with Gasteiger partial charge in [0.1, 0.15) is 34.6 Å². The molecule has 0 spiro atoms. The Bertz CT molecular complexity index is 2900. The van der Waals surface area contributed by atoms with Gasteiger partial charge < -0.3 is 34.0 Å². The van der Waals surface area contributed by atoms with Gasteiger partial charge in [-0.3, -0.25) is 14.6 Å². The van der Waals surface area contributed by atoms with Gasteiger partial charge in [0.15, 0.2) is 11.1 Å². The maximum Gasteiger partial charge on any atom is 0.433 e. The van der Waals surface area contributed by atoms with Crippen LogP contribution in [0.15, 0.2) is 72.9 Å². The molecule has 0 saturated heterocycles. The Kier molecular flexibility index (Phi) is 13.7. The molecule has 71 heavy (non-hydrogen) atoms. The largest absolute Gasteiger partial charge is 0.497 e. The number of hydrogen-bond donors (Lipinski definition) is 2. The Labute approximate surface area is 417 Å². The minimum Gasteiger partial charge on any atom is -0.497 e. The number of nitrogens with one attached hydrogen (secondary N) is 2. The molecule has 12 nitrogen and oxygen atoms in total. The van der Waals surface area contributed by atoms with Crippen LogP contribution in [0, 0.1) is 11.8 Å². The van der Waals surface area contributed by atoms with Crippen LogP contribution in [0.1, 0.15) is 121 Å². The number of aromatic nitrogens is 5. The number of ether oxygens (including phenoxy) is 3. The molecular weight excluding hydrogens is 931 g/mol. The lowest BCUT2D eigenvalue weighted by atomic mass is 9.57. The fourth-order valence-corrected chi connectivity index (χ4v) is 13.2. The molecule has 2 unspecified atom stereocenters. The summed E-state index contributed by atoms with van der Waals surface area (Å²) in [6.07, 6.45) is 10.7. The highest BCUT2D eigenvalue weighted by atomic mass is 35.5. The number of fused-ring (bicyclic) bond motifs is 2. The number of pyridine rings is 1. The van der Waals surface area contributed by atoms with Crippen LogP contribution in [-0.2, 0) is 26.8 Å². The van der Waals surface area contributed by atoms with Crippen molar-refractivity contribution in [2.24, 2.45) is 11.8 Å². The van der Waals surface area contributed by atoms with Crippen LogP contribution < -0.4 is 24.8 Å². The highest BCUT2D eigenvalue weighted by molar-refractivity contribution is 6.32. The molecule has 16 heteroatoms. The molecule has 2 amide bonds. The fourth-order valence-electron chi connectivity index (χ4n) is 13.0. The van der Waals surface area contributed by atoms with Gasteiger partial charge in [0.05, 0.1) is 48.4 Å². The Morgan fingerprint density at radius 1 is 0.577 bits per heavy atom. The first-order chi connectivity index (χ1) is 34.4. The van der Waals surface area contributed by atoms with Crippen molar-refractivity contribution < 1.29 is 37.0 Å². The maximum atomic E-state index is 17.6. The van der Waals surface area contributed by atoms with Gasteiger partial charge in [0.2, 0.25) is 11.8 Å². The average molecular weight is 995 g/mol. The first-order valence-electron chi connectivity index (χ1n) is 25.6. The summed E-state index contributed by atoms with van der Waals surface area (Å²) in [6, 6.07) is 18.5. The molecule has 6 aromatic rings. The number of imidazole rings is 2. The molecule has 376 valence electrons. The van der Waals surface area contributed by atoms with Crippen LogP contribution in [0.5, 0.6) is 17.2 Å². The van der Waals surface area contributed by atoms with Crippen molar-refractivity contribution in [2.75, 3.05) is 21.3 Å². The molecule has 2 atom stereocenters. The number of halogens is 4. The predicted molar refractivity (Wildman–Crippen MR) is 268 cm³/mol. The van der Waals surface area contributed by atoms with Crippen molar-refractivity contribution in [1.82, 2.24) is 34.7 Å². The SMILES string of the molecule is COc1ccc2nc(-c3ccc(C(F)(F)F)nc3)n(C(C(=O)NC3CCCCC3)(C3CCCCC3)C(C(=O)NC3CCCC3)(C3CCCC3)n3c(-c4ccc(OC)c(Cl)c4)nc4ccc(OC)cc43)c2c1. The molecule has 2 N–H and O–H groups in total. The number of carbonyl (C=O) groups is 2. The third-order valence-electron chi connectivity index (χ3n) is 16.2. The number of rotatable bonds is 14. The van der Waals surface area contributed by atoms with E-state index in [4.69, 9.17) is 35.8 Å². The Morgan fingerprint density at radius 3 is 1.46 bits per heavy atom. The topological polar surface area (TPSA) is 134 Å². The van der Waals surface area contributed by atoms with E-state index >= 15 is 9.59 Å². The van der Waals surface area contributed by atoms with Crippen molar-refractivity contribution in [3.63, 3.8) is 0 Å². The summed E-state index contributed by atoms with van der Waals surface area (Å²) >= 11 is 7.04. The molecule has 4 aliphatic carbocycles. The molecule has 0 radical (unpaired) electrons. The third kappa shape index (κ3) is 8.57. The average Bonchev–Trinajstić information content (AvgIpc) is 4.24. The quantitative estimate of drug-likeness (QED) is 0.110. The third-order valence-corrected chi connectivity index (χ3v) is 16.5. The van der Waals surface area contributed by atoms with E-state index in [9.17, 15) is 13.2 Å². The molecule has 4 saturated carbocycles. The van der Waals surface area contributed by atoms with Gasteiger partial charge in [-0.05, 0) is 118 Å². The van der Waals surface area contributed by atoms with Gasteiger partial charge in [0.25, 0.3) is 0 Å². The van der Waals surface area contributed by atoms with E-state index in [1.54, 1.807) is 39.5 Å². The van der Waals surface area contributed by atoms with E-state index in [1.807, 2.05) is 41.0 Å². The fraction of sp³-hybridized carbons (Fsp3) is 0.509. The second-order valence-electron chi connectivity index (χ2n) is 20.1. The molecule has 4 aliphatic rings. The molecular formula is C55H63ClF3N7O5. The van der Waals surface area contributed by atoms with Crippen LogP contribution in [0.2, 0.25) is 5.02 Å². The maximum absolute atomic E-state index is 17.6. The van der Waals surface area contributed by atoms with Crippen molar-refractivity contribution >= 4 is 45.5 Å². The summed E-state index contributed by atoms with van der Waals surface area (Å²) in [7, 11) is 4.73. The van der Waals surface area contributed by atoms with E-state index in [0.29, 0.717) is 81.4 Å². The van der Waals surface area contributed by atoms with Crippen molar-refractivity contribution in [1.29, 1.82) is 0 Å². The van der Waals surface area contributed by atoms with Crippen LogP contribution in [0.4, 0.5) is 13.2 Å². The van der Waals surface area contributed by atoms with Gasteiger partial charge in [-0.1, -0.05) is 75.8 Å². The van der Waals surface area contributed by atoms with Gasteiger partial charge in [0, 0.05) is 41.5 Å². The summed E-state index contributed by atoms with van der Waals surface area (Å²) in [6.45, 7) is 0. The number of alkyl halides is 3. The monoisotopic (exact) mass is 993 g/mol. The molecule has 3 heterocycles. The van der Waals surface area contributed by atoms with Crippen LogP contribution in [0.25, 0.3) is 44.8 Å². The lowest BCUT2D eigenvalue weighted by Gasteiger charge is -2.58. The van der Waals surface area contributed by atoms with E-state index in [-0.39, 0.29) is 35.3 Å². The van der Waals surface area contributed by atoms with E-state index in [1.165, 1.54) is 12.3 Å². The molecule has 0 bridgehead atoms. The zero-order valence-electron chi connectivity index (χ0n) is 40.8. The van der Waals surface area contributed by atoms with E-state index in [0.717, 1.165) is 96.0 Å². The minimum absolute atomic E-state index is 0.185. The summed E-state index contributed by atoms with van der Waals surface area (Å²) in [5, 5.41) is 7.68. The van der Waals surface area contributed by atoms with E-state index < -0.39 is 34.8 Å². The zero-order valence-corrected chi connectivity index (χ0v) is 41.5. The van der Waals surface area contributed by atoms with E-state index in [2.05, 4.69) is 20.2 Å². The second kappa shape index (κ2) is 20.0. The van der Waals surface area contributed by atoms with Crippen molar-refractivity contribution in [2.45, 2.75) is 145 Å². The first-order valence-corrected chi connectivity index (χ1v) is 25.9. The first kappa shape index (κ1) is 48.8. The second-order valence-corrected chi connectivity index (χ2v) is 20.5. The normalized spacial score (nSPS) is 19.4. The van der Waals surface area contributed by atoms with Crippen molar-refractivity contribution in [3.05, 3.63) is 83.6 Å².